The van der Waals surface area contributed by atoms with Gasteiger partial charge in [0.2, 0.25) is 5.82 Å². The molecule has 2 fully saturated rings. The van der Waals surface area contributed by atoms with Crippen LogP contribution in [-0.2, 0) is 6.54 Å². The number of hydrogen-bond acceptors (Lipinski definition) is 3. The van der Waals surface area contributed by atoms with Gasteiger partial charge >= 0.3 is 0 Å². The van der Waals surface area contributed by atoms with Crippen LogP contribution in [0.3, 0.4) is 0 Å². The van der Waals surface area contributed by atoms with Crippen molar-refractivity contribution in [3.63, 3.8) is 0 Å². The lowest BCUT2D eigenvalue weighted by molar-refractivity contribution is 0.127. The molecule has 2 heterocycles. The number of methoxy groups -OCH3 is 1. The zero-order valence-corrected chi connectivity index (χ0v) is 14.6. The van der Waals surface area contributed by atoms with Crippen LogP contribution in [0.4, 0.5) is 8.78 Å². The van der Waals surface area contributed by atoms with E-state index in [-0.39, 0.29) is 5.75 Å². The lowest BCUT2D eigenvalue weighted by Crippen LogP contribution is -2.40. The van der Waals surface area contributed by atoms with E-state index in [1.165, 1.54) is 52.1 Å². The number of hydrogen-bond donors (Lipinski definition) is 0. The number of halogens is 2. The number of nitrogens with zero attached hydrogens (tertiary/aromatic N) is 2. The molecular weight excluding hydrogens is 310 g/mol. The van der Waals surface area contributed by atoms with E-state index < -0.39 is 11.6 Å². The van der Waals surface area contributed by atoms with Gasteiger partial charge in [0.05, 0.1) is 7.11 Å². The molecule has 0 bridgehead atoms. The molecule has 0 aliphatic carbocycles. The number of ether oxygens (including phenoxy) is 1. The second-order valence-corrected chi connectivity index (χ2v) is 7.14. The van der Waals surface area contributed by atoms with Crippen LogP contribution < -0.4 is 4.74 Å². The molecule has 0 unspecified atom stereocenters. The second-order valence-electron chi connectivity index (χ2n) is 7.14. The highest BCUT2D eigenvalue weighted by Crippen LogP contribution is 2.26. The van der Waals surface area contributed by atoms with E-state index in [1.54, 1.807) is 6.07 Å². The highest BCUT2D eigenvalue weighted by atomic mass is 19.2. The zero-order chi connectivity index (χ0) is 16.9. The van der Waals surface area contributed by atoms with Crippen molar-refractivity contribution < 1.29 is 13.5 Å². The van der Waals surface area contributed by atoms with Gasteiger partial charge in [-0.25, -0.2) is 4.39 Å². The Morgan fingerprint density at radius 2 is 1.67 bits per heavy atom. The Bertz CT molecular complexity index is 538. The molecule has 3 rings (SSSR count). The number of benzene rings is 1. The molecule has 3 nitrogen and oxygen atoms in total. The summed E-state index contributed by atoms with van der Waals surface area (Å²) in [5.74, 6) is -0.937. The van der Waals surface area contributed by atoms with E-state index in [2.05, 4.69) is 9.80 Å². The van der Waals surface area contributed by atoms with Gasteiger partial charge < -0.3 is 9.64 Å². The van der Waals surface area contributed by atoms with Crippen LogP contribution >= 0.6 is 0 Å². The molecule has 0 atom stereocenters. The monoisotopic (exact) mass is 338 g/mol. The summed E-state index contributed by atoms with van der Waals surface area (Å²) in [5.41, 5.74) is 0.419. The van der Waals surface area contributed by atoms with E-state index in [4.69, 9.17) is 4.74 Å². The maximum atomic E-state index is 14.1. The predicted octanol–water partition coefficient (Wildman–Crippen LogP) is 3.67. The summed E-state index contributed by atoms with van der Waals surface area (Å²) in [6.07, 6.45) is 6.34. The average molecular weight is 338 g/mol. The molecule has 0 radical (unpaired) electrons. The van der Waals surface area contributed by atoms with E-state index in [1.807, 2.05) is 0 Å². The molecule has 0 spiro atoms. The zero-order valence-electron chi connectivity index (χ0n) is 14.6. The first-order valence-electron chi connectivity index (χ1n) is 9.13. The molecule has 1 aromatic carbocycles. The first-order valence-corrected chi connectivity index (χ1v) is 9.13. The van der Waals surface area contributed by atoms with E-state index in [0.717, 1.165) is 31.8 Å². The third-order valence-electron chi connectivity index (χ3n) is 5.41. The minimum atomic E-state index is -0.880. The summed E-state index contributed by atoms with van der Waals surface area (Å²) in [5, 5.41) is 0. The summed E-state index contributed by atoms with van der Waals surface area (Å²) < 4.78 is 32.7. The average Bonchev–Trinajstić information content (AvgIpc) is 2.62. The minimum absolute atomic E-state index is 0.0310. The quantitative estimate of drug-likeness (QED) is 0.815. The smallest absolute Gasteiger partial charge is 0.200 e. The van der Waals surface area contributed by atoms with Crippen LogP contribution in [-0.4, -0.2) is 49.6 Å². The Morgan fingerprint density at radius 1 is 0.958 bits per heavy atom. The maximum Gasteiger partial charge on any atom is 0.200 e. The molecule has 1 aromatic rings. The molecule has 0 saturated carbocycles. The van der Waals surface area contributed by atoms with Crippen LogP contribution in [0.15, 0.2) is 12.1 Å². The van der Waals surface area contributed by atoms with Crippen molar-refractivity contribution in [3.05, 3.63) is 29.3 Å². The lowest BCUT2D eigenvalue weighted by Gasteiger charge is -2.36. The first kappa shape index (κ1) is 17.6. The van der Waals surface area contributed by atoms with Crippen molar-refractivity contribution in [2.75, 3.05) is 39.8 Å². The van der Waals surface area contributed by atoms with Gasteiger partial charge in [-0.05, 0) is 63.8 Å². The van der Waals surface area contributed by atoms with Crippen molar-refractivity contribution in [1.29, 1.82) is 0 Å². The van der Waals surface area contributed by atoms with Gasteiger partial charge in [0.25, 0.3) is 0 Å². The van der Waals surface area contributed by atoms with E-state index >= 15 is 0 Å². The highest BCUT2D eigenvalue weighted by Gasteiger charge is 2.23. The summed E-state index contributed by atoms with van der Waals surface area (Å²) >= 11 is 0. The molecule has 0 N–H and O–H groups in total. The fraction of sp³-hybridized carbons (Fsp3) is 0.684. The highest BCUT2D eigenvalue weighted by molar-refractivity contribution is 5.31. The van der Waals surface area contributed by atoms with Gasteiger partial charge in [0.1, 0.15) is 0 Å². The third-order valence-corrected chi connectivity index (χ3v) is 5.41. The van der Waals surface area contributed by atoms with E-state index in [9.17, 15) is 8.78 Å². The Kier molecular flexibility index (Phi) is 6.06. The summed E-state index contributed by atoms with van der Waals surface area (Å²) in [4.78, 5) is 4.83. The predicted molar refractivity (Wildman–Crippen MR) is 91.2 cm³/mol. The normalized spacial score (nSPS) is 21.1. The molecule has 2 saturated heterocycles. The molecule has 2 aliphatic rings. The van der Waals surface area contributed by atoms with Gasteiger partial charge in [-0.15, -0.1) is 0 Å². The summed E-state index contributed by atoms with van der Waals surface area (Å²) in [6, 6.07) is 3.15. The van der Waals surface area contributed by atoms with Crippen molar-refractivity contribution in [3.8, 4) is 5.75 Å². The number of rotatable bonds is 5. The summed E-state index contributed by atoms with van der Waals surface area (Å²) in [7, 11) is 1.35. The van der Waals surface area contributed by atoms with Crippen LogP contribution in [0.1, 0.15) is 37.7 Å². The molecule has 2 aliphatic heterocycles. The van der Waals surface area contributed by atoms with Crippen LogP contribution in [0.5, 0.6) is 5.75 Å². The van der Waals surface area contributed by atoms with Gasteiger partial charge in [0, 0.05) is 18.7 Å². The molecule has 134 valence electrons. The number of likely N-dealkylation sites (tertiary alicyclic amines) is 2. The minimum Gasteiger partial charge on any atom is -0.494 e. The SMILES string of the molecule is COc1ccc(CN2CCC(CN3CCCCC3)CC2)c(F)c1F. The summed E-state index contributed by atoms with van der Waals surface area (Å²) in [6.45, 7) is 6.10. The maximum absolute atomic E-state index is 14.1. The molecule has 24 heavy (non-hydrogen) atoms. The Morgan fingerprint density at radius 3 is 2.33 bits per heavy atom. The fourth-order valence-electron chi connectivity index (χ4n) is 3.93. The molecular formula is C19H28F2N2O. The largest absolute Gasteiger partial charge is 0.494 e. The van der Waals surface area contributed by atoms with Gasteiger partial charge in [-0.3, -0.25) is 4.90 Å². The fourth-order valence-corrected chi connectivity index (χ4v) is 3.93. The van der Waals surface area contributed by atoms with Crippen molar-refractivity contribution in [2.24, 2.45) is 5.92 Å². The van der Waals surface area contributed by atoms with E-state index in [0.29, 0.717) is 12.1 Å². The topological polar surface area (TPSA) is 15.7 Å². The van der Waals surface area contributed by atoms with Gasteiger partial charge in [0.15, 0.2) is 11.6 Å². The van der Waals surface area contributed by atoms with Crippen LogP contribution in [0.2, 0.25) is 0 Å². The molecule has 0 aromatic heterocycles. The second kappa shape index (κ2) is 8.26. The Hall–Kier alpha value is -1.20. The van der Waals surface area contributed by atoms with Gasteiger partial charge in [-0.2, -0.15) is 4.39 Å². The van der Waals surface area contributed by atoms with Gasteiger partial charge in [-0.1, -0.05) is 12.5 Å². The van der Waals surface area contributed by atoms with Crippen LogP contribution in [0, 0.1) is 17.6 Å². The third kappa shape index (κ3) is 4.25. The Labute approximate surface area is 143 Å². The molecule has 0 amide bonds. The van der Waals surface area contributed by atoms with Crippen molar-refractivity contribution >= 4 is 0 Å². The van der Waals surface area contributed by atoms with Crippen molar-refractivity contribution in [2.45, 2.75) is 38.6 Å². The Balaban J connectivity index is 1.49. The molecule has 5 heteroatoms. The van der Waals surface area contributed by atoms with Crippen molar-refractivity contribution in [1.82, 2.24) is 9.80 Å². The number of piperidine rings is 2. The first-order chi connectivity index (χ1) is 11.7. The lowest BCUT2D eigenvalue weighted by atomic mass is 9.95. The van der Waals surface area contributed by atoms with Crippen LogP contribution in [0.25, 0.3) is 0 Å². The standard InChI is InChI=1S/C19H28F2N2O/c1-24-17-6-5-16(18(20)19(17)21)14-23-11-7-15(8-12-23)13-22-9-3-2-4-10-22/h5-6,15H,2-4,7-14H2,1H3.